The average molecular weight is 444 g/mol. The van der Waals surface area contributed by atoms with Gasteiger partial charge in [-0.05, 0) is 36.8 Å². The summed E-state index contributed by atoms with van der Waals surface area (Å²) in [5.74, 6) is 0.621. The standard InChI is InChI=1S/C26H29N5O2/c1-20(21-9-3-2-4-10-21)28-26(33)22-11-5-6-12-23(22)29-25(32)19-30-15-17-31(18-16-30)24-13-7-8-14-27-24/h2-14,20H,15-19H2,1H3,(H,28,33)(H,29,32)/t20-/m0/s1. The number of carbonyl (C=O) groups excluding carboxylic acids is 2. The first-order valence-corrected chi connectivity index (χ1v) is 11.2. The molecule has 2 N–H and O–H groups in total. The Morgan fingerprint density at radius 3 is 2.33 bits per heavy atom. The SMILES string of the molecule is C[C@H](NC(=O)c1ccccc1NC(=O)CN1CCN(c2ccccn2)CC1)c1ccccc1. The van der Waals surface area contributed by atoms with Crippen molar-refractivity contribution in [1.29, 1.82) is 0 Å². The molecule has 0 radical (unpaired) electrons. The van der Waals surface area contributed by atoms with Crippen LogP contribution in [0.15, 0.2) is 79.0 Å². The molecule has 1 aliphatic heterocycles. The van der Waals surface area contributed by atoms with Crippen molar-refractivity contribution in [3.63, 3.8) is 0 Å². The highest BCUT2D eigenvalue weighted by Gasteiger charge is 2.21. The first kappa shape index (κ1) is 22.5. The van der Waals surface area contributed by atoms with Crippen molar-refractivity contribution in [2.45, 2.75) is 13.0 Å². The number of hydrogen-bond donors (Lipinski definition) is 2. The maximum atomic E-state index is 12.9. The minimum Gasteiger partial charge on any atom is -0.354 e. The number of hydrogen-bond acceptors (Lipinski definition) is 5. The van der Waals surface area contributed by atoms with Crippen LogP contribution in [-0.4, -0.2) is 54.4 Å². The lowest BCUT2D eigenvalue weighted by molar-refractivity contribution is -0.117. The van der Waals surface area contributed by atoms with Crippen molar-refractivity contribution < 1.29 is 9.59 Å². The summed E-state index contributed by atoms with van der Waals surface area (Å²) >= 11 is 0. The van der Waals surface area contributed by atoms with E-state index >= 15 is 0 Å². The second-order valence-corrected chi connectivity index (χ2v) is 8.15. The van der Waals surface area contributed by atoms with E-state index < -0.39 is 0 Å². The Bertz CT molecular complexity index is 1070. The third-order valence-corrected chi connectivity index (χ3v) is 5.81. The van der Waals surface area contributed by atoms with Crippen LogP contribution >= 0.6 is 0 Å². The van der Waals surface area contributed by atoms with Gasteiger partial charge in [-0.15, -0.1) is 0 Å². The van der Waals surface area contributed by atoms with E-state index in [4.69, 9.17) is 0 Å². The number of anilines is 2. The summed E-state index contributed by atoms with van der Waals surface area (Å²) in [6.45, 7) is 5.42. The first-order chi connectivity index (χ1) is 16.1. The van der Waals surface area contributed by atoms with Crippen molar-refractivity contribution in [3.8, 4) is 0 Å². The molecule has 0 spiro atoms. The van der Waals surface area contributed by atoms with Crippen LogP contribution < -0.4 is 15.5 Å². The molecule has 1 aliphatic rings. The molecule has 170 valence electrons. The molecule has 7 nitrogen and oxygen atoms in total. The molecule has 1 aromatic heterocycles. The van der Waals surface area contributed by atoms with Gasteiger partial charge in [-0.1, -0.05) is 48.5 Å². The molecule has 0 aliphatic carbocycles. The number of pyridine rings is 1. The van der Waals surface area contributed by atoms with E-state index in [1.165, 1.54) is 0 Å². The molecule has 1 fully saturated rings. The minimum absolute atomic E-state index is 0.127. The lowest BCUT2D eigenvalue weighted by Gasteiger charge is -2.35. The summed E-state index contributed by atoms with van der Waals surface area (Å²) in [6.07, 6.45) is 1.79. The summed E-state index contributed by atoms with van der Waals surface area (Å²) < 4.78 is 0. The largest absolute Gasteiger partial charge is 0.354 e. The van der Waals surface area contributed by atoms with Gasteiger partial charge in [0.1, 0.15) is 5.82 Å². The van der Waals surface area contributed by atoms with E-state index in [9.17, 15) is 9.59 Å². The molecule has 7 heteroatoms. The number of nitrogens with zero attached hydrogens (tertiary/aromatic N) is 3. The predicted molar refractivity (Wildman–Crippen MR) is 130 cm³/mol. The molecular weight excluding hydrogens is 414 g/mol. The van der Waals surface area contributed by atoms with E-state index in [0.717, 1.165) is 37.6 Å². The molecular formula is C26H29N5O2. The molecule has 4 rings (SSSR count). The lowest BCUT2D eigenvalue weighted by atomic mass is 10.1. The molecule has 2 aromatic carbocycles. The van der Waals surface area contributed by atoms with E-state index in [1.54, 1.807) is 24.4 Å². The molecule has 2 heterocycles. The number of rotatable bonds is 7. The maximum absolute atomic E-state index is 12.9. The highest BCUT2D eigenvalue weighted by Crippen LogP contribution is 2.18. The Hall–Kier alpha value is -3.71. The number of amides is 2. The van der Waals surface area contributed by atoms with Crippen molar-refractivity contribution in [3.05, 3.63) is 90.1 Å². The highest BCUT2D eigenvalue weighted by atomic mass is 16.2. The number of para-hydroxylation sites is 1. The monoisotopic (exact) mass is 443 g/mol. The number of benzene rings is 2. The van der Waals surface area contributed by atoms with Crippen LogP contribution in [0.5, 0.6) is 0 Å². The molecule has 0 bridgehead atoms. The Morgan fingerprint density at radius 2 is 1.61 bits per heavy atom. The summed E-state index contributed by atoms with van der Waals surface area (Å²) in [7, 11) is 0. The fourth-order valence-corrected chi connectivity index (χ4v) is 3.96. The molecule has 1 atom stereocenters. The van der Waals surface area contributed by atoms with Crippen molar-refractivity contribution in [1.82, 2.24) is 15.2 Å². The summed E-state index contributed by atoms with van der Waals surface area (Å²) in [6, 6.07) is 22.7. The van der Waals surface area contributed by atoms with Crippen LogP contribution in [0.1, 0.15) is 28.9 Å². The van der Waals surface area contributed by atoms with Gasteiger partial charge in [0.15, 0.2) is 0 Å². The Labute approximate surface area is 194 Å². The van der Waals surface area contributed by atoms with Crippen molar-refractivity contribution >= 4 is 23.3 Å². The Kier molecular flexibility index (Phi) is 7.32. The molecule has 0 unspecified atom stereocenters. The highest BCUT2D eigenvalue weighted by molar-refractivity contribution is 6.04. The van der Waals surface area contributed by atoms with Crippen molar-refractivity contribution in [2.24, 2.45) is 0 Å². The Morgan fingerprint density at radius 1 is 0.909 bits per heavy atom. The summed E-state index contributed by atoms with van der Waals surface area (Å²) in [4.78, 5) is 34.4. The van der Waals surface area contributed by atoms with Gasteiger partial charge in [-0.25, -0.2) is 4.98 Å². The minimum atomic E-state index is -0.216. The van der Waals surface area contributed by atoms with Crippen LogP contribution in [0.4, 0.5) is 11.5 Å². The fourth-order valence-electron chi connectivity index (χ4n) is 3.96. The van der Waals surface area contributed by atoms with Gasteiger partial charge in [-0.2, -0.15) is 0 Å². The van der Waals surface area contributed by atoms with Crippen LogP contribution in [0.3, 0.4) is 0 Å². The third-order valence-electron chi connectivity index (χ3n) is 5.81. The zero-order valence-electron chi connectivity index (χ0n) is 18.8. The second-order valence-electron chi connectivity index (χ2n) is 8.15. The number of carbonyl (C=O) groups is 2. The fraction of sp³-hybridized carbons (Fsp3) is 0.269. The van der Waals surface area contributed by atoms with Crippen LogP contribution in [-0.2, 0) is 4.79 Å². The average Bonchev–Trinajstić information content (AvgIpc) is 2.86. The van der Waals surface area contributed by atoms with E-state index in [0.29, 0.717) is 11.3 Å². The van der Waals surface area contributed by atoms with Gasteiger partial charge in [0.05, 0.1) is 23.8 Å². The smallest absolute Gasteiger partial charge is 0.253 e. The molecule has 33 heavy (non-hydrogen) atoms. The van der Waals surface area contributed by atoms with E-state index in [1.807, 2.05) is 61.5 Å². The van der Waals surface area contributed by atoms with E-state index in [-0.39, 0.29) is 24.4 Å². The van der Waals surface area contributed by atoms with Crippen LogP contribution in [0.2, 0.25) is 0 Å². The third kappa shape index (κ3) is 5.96. The molecule has 1 saturated heterocycles. The normalized spacial score (nSPS) is 15.0. The summed E-state index contributed by atoms with van der Waals surface area (Å²) in [5, 5.41) is 5.94. The number of aromatic nitrogens is 1. The number of piperazine rings is 1. The molecule has 3 aromatic rings. The van der Waals surface area contributed by atoms with Crippen molar-refractivity contribution in [2.75, 3.05) is 42.9 Å². The zero-order valence-corrected chi connectivity index (χ0v) is 18.8. The van der Waals surface area contributed by atoms with E-state index in [2.05, 4.69) is 25.4 Å². The lowest BCUT2D eigenvalue weighted by Crippen LogP contribution is -2.49. The predicted octanol–water partition coefficient (Wildman–Crippen LogP) is 3.33. The maximum Gasteiger partial charge on any atom is 0.253 e. The molecule has 2 amide bonds. The topological polar surface area (TPSA) is 77.6 Å². The molecule has 0 saturated carbocycles. The first-order valence-electron chi connectivity index (χ1n) is 11.2. The quantitative estimate of drug-likeness (QED) is 0.586. The summed E-state index contributed by atoms with van der Waals surface area (Å²) in [5.41, 5.74) is 2.00. The number of nitrogens with one attached hydrogen (secondary N) is 2. The zero-order chi connectivity index (χ0) is 23.0. The van der Waals surface area contributed by atoms with Crippen LogP contribution in [0.25, 0.3) is 0 Å². The van der Waals surface area contributed by atoms with Gasteiger partial charge in [0.25, 0.3) is 5.91 Å². The van der Waals surface area contributed by atoms with Crippen LogP contribution in [0, 0.1) is 0 Å². The van der Waals surface area contributed by atoms with Gasteiger partial charge >= 0.3 is 0 Å². The van der Waals surface area contributed by atoms with Gasteiger partial charge < -0.3 is 15.5 Å². The van der Waals surface area contributed by atoms with Gasteiger partial charge in [-0.3, -0.25) is 14.5 Å². The Balaban J connectivity index is 1.32. The van der Waals surface area contributed by atoms with Gasteiger partial charge in [0.2, 0.25) is 5.91 Å². The second kappa shape index (κ2) is 10.7. The van der Waals surface area contributed by atoms with Gasteiger partial charge in [0, 0.05) is 32.4 Å².